The first kappa shape index (κ1) is 14.6. The molecule has 20 heavy (non-hydrogen) atoms. The normalized spacial score (nSPS) is 12.1. The van der Waals surface area contributed by atoms with Crippen molar-refractivity contribution >= 4 is 17.5 Å². The highest BCUT2D eigenvalue weighted by Crippen LogP contribution is 2.18. The van der Waals surface area contributed by atoms with E-state index < -0.39 is 5.97 Å². The van der Waals surface area contributed by atoms with Gasteiger partial charge in [0.15, 0.2) is 5.82 Å². The number of esters is 1. The molecule has 1 aromatic carbocycles. The Labute approximate surface area is 121 Å². The van der Waals surface area contributed by atoms with Crippen molar-refractivity contribution in [2.24, 2.45) is 0 Å². The van der Waals surface area contributed by atoms with Crippen molar-refractivity contribution in [3.63, 3.8) is 0 Å². The molecule has 0 fully saturated rings. The summed E-state index contributed by atoms with van der Waals surface area (Å²) in [6.45, 7) is 4.43. The van der Waals surface area contributed by atoms with E-state index in [4.69, 9.17) is 9.47 Å². The number of hydrogen-bond donors (Lipinski definition) is 0. The Kier molecular flexibility index (Phi) is 5.20. The average molecular weight is 292 g/mol. The summed E-state index contributed by atoms with van der Waals surface area (Å²) in [5, 5.41) is 0.261. The minimum absolute atomic E-state index is 0.261. The van der Waals surface area contributed by atoms with Gasteiger partial charge in [-0.05, 0) is 30.9 Å². The fraction of sp³-hybridized carbons (Fsp3) is 0.357. The van der Waals surface area contributed by atoms with Crippen LogP contribution in [0.4, 0.5) is 0 Å². The number of carbonyl (C=O) groups excluding carboxylic acids is 1. The maximum Gasteiger partial charge on any atom is 0.369 e. The predicted molar refractivity (Wildman–Crippen MR) is 75.5 cm³/mol. The van der Waals surface area contributed by atoms with Crippen molar-refractivity contribution in [2.45, 2.75) is 26.6 Å². The van der Waals surface area contributed by atoms with Gasteiger partial charge in [0.1, 0.15) is 6.10 Å². The fourth-order valence-electron chi connectivity index (χ4n) is 1.55. The summed E-state index contributed by atoms with van der Waals surface area (Å²) in [6, 6.07) is 9.86. The lowest BCUT2D eigenvalue weighted by atomic mass is 10.2. The van der Waals surface area contributed by atoms with Crippen LogP contribution in [0, 0.1) is 0 Å². The SMILES string of the molecule is CCOC(=O)c1nc([C@H](C)OCc2ccccc2)ns1. The first-order valence-corrected chi connectivity index (χ1v) is 7.14. The van der Waals surface area contributed by atoms with Crippen molar-refractivity contribution in [3.05, 3.63) is 46.7 Å². The van der Waals surface area contributed by atoms with Gasteiger partial charge in [-0.3, -0.25) is 0 Å². The van der Waals surface area contributed by atoms with Gasteiger partial charge < -0.3 is 9.47 Å². The van der Waals surface area contributed by atoms with Gasteiger partial charge in [-0.2, -0.15) is 4.37 Å². The lowest BCUT2D eigenvalue weighted by molar-refractivity contribution is 0.0464. The summed E-state index contributed by atoms with van der Waals surface area (Å²) < 4.78 is 14.7. The molecule has 0 unspecified atom stereocenters. The first-order valence-electron chi connectivity index (χ1n) is 6.37. The standard InChI is InChI=1S/C14H16N2O3S/c1-3-18-14(17)13-15-12(16-20-13)10(2)19-9-11-7-5-4-6-8-11/h4-8,10H,3,9H2,1-2H3/t10-/m0/s1. The van der Waals surface area contributed by atoms with Crippen molar-refractivity contribution in [1.29, 1.82) is 0 Å². The van der Waals surface area contributed by atoms with Gasteiger partial charge in [-0.15, -0.1) is 0 Å². The van der Waals surface area contributed by atoms with E-state index in [0.717, 1.165) is 17.1 Å². The van der Waals surface area contributed by atoms with E-state index in [2.05, 4.69) is 9.36 Å². The van der Waals surface area contributed by atoms with Crippen LogP contribution >= 0.6 is 11.5 Å². The van der Waals surface area contributed by atoms with Crippen LogP contribution in [0.3, 0.4) is 0 Å². The van der Waals surface area contributed by atoms with Crippen LogP contribution in [0.1, 0.15) is 41.1 Å². The summed E-state index contributed by atoms with van der Waals surface area (Å²) in [6.07, 6.45) is -0.269. The number of ether oxygens (including phenoxy) is 2. The van der Waals surface area contributed by atoms with Crippen molar-refractivity contribution in [3.8, 4) is 0 Å². The van der Waals surface area contributed by atoms with Crippen LogP contribution in [0.5, 0.6) is 0 Å². The summed E-state index contributed by atoms with van der Waals surface area (Å²) in [5.41, 5.74) is 1.08. The summed E-state index contributed by atoms with van der Waals surface area (Å²) >= 11 is 1.03. The van der Waals surface area contributed by atoms with E-state index in [1.165, 1.54) is 0 Å². The smallest absolute Gasteiger partial charge is 0.369 e. The molecule has 0 amide bonds. The zero-order chi connectivity index (χ0) is 14.4. The third-order valence-corrected chi connectivity index (χ3v) is 3.31. The number of hydrogen-bond acceptors (Lipinski definition) is 6. The highest BCUT2D eigenvalue weighted by atomic mass is 32.1. The minimum atomic E-state index is -0.438. The molecule has 1 aromatic heterocycles. The zero-order valence-electron chi connectivity index (χ0n) is 11.4. The van der Waals surface area contributed by atoms with Gasteiger partial charge in [0.2, 0.25) is 5.01 Å². The Morgan fingerprint density at radius 1 is 1.35 bits per heavy atom. The first-order chi connectivity index (χ1) is 9.70. The Morgan fingerprint density at radius 2 is 2.10 bits per heavy atom. The van der Waals surface area contributed by atoms with Crippen LogP contribution in [0.2, 0.25) is 0 Å². The van der Waals surface area contributed by atoms with Crippen LogP contribution in [-0.2, 0) is 16.1 Å². The molecule has 0 N–H and O–H groups in total. The molecule has 0 saturated carbocycles. The van der Waals surface area contributed by atoms with Gasteiger partial charge in [0.05, 0.1) is 13.2 Å². The molecule has 5 nitrogen and oxygen atoms in total. The van der Waals surface area contributed by atoms with Crippen LogP contribution < -0.4 is 0 Å². The summed E-state index contributed by atoms with van der Waals surface area (Å²) in [4.78, 5) is 15.7. The van der Waals surface area contributed by atoms with Gasteiger partial charge in [0.25, 0.3) is 0 Å². The molecule has 0 saturated heterocycles. The minimum Gasteiger partial charge on any atom is -0.461 e. The van der Waals surface area contributed by atoms with E-state index in [9.17, 15) is 4.79 Å². The second-order valence-electron chi connectivity index (χ2n) is 4.12. The van der Waals surface area contributed by atoms with Crippen molar-refractivity contribution in [2.75, 3.05) is 6.61 Å². The second kappa shape index (κ2) is 7.12. The number of aromatic nitrogens is 2. The van der Waals surface area contributed by atoms with Crippen molar-refractivity contribution in [1.82, 2.24) is 9.36 Å². The Hall–Kier alpha value is -1.79. The monoisotopic (exact) mass is 292 g/mol. The number of nitrogens with zero attached hydrogens (tertiary/aromatic N) is 2. The topological polar surface area (TPSA) is 61.3 Å². The van der Waals surface area contributed by atoms with Gasteiger partial charge in [0, 0.05) is 0 Å². The lowest BCUT2D eigenvalue weighted by Gasteiger charge is -2.09. The number of carbonyl (C=O) groups is 1. The molecule has 0 spiro atoms. The Bertz CT molecular complexity index is 557. The maximum atomic E-state index is 11.5. The van der Waals surface area contributed by atoms with Crippen LogP contribution in [0.25, 0.3) is 0 Å². The van der Waals surface area contributed by atoms with Crippen LogP contribution in [0.15, 0.2) is 30.3 Å². The predicted octanol–water partition coefficient (Wildman–Crippen LogP) is 2.99. The van der Waals surface area contributed by atoms with E-state index in [0.29, 0.717) is 19.0 Å². The molecule has 1 heterocycles. The summed E-state index contributed by atoms with van der Waals surface area (Å²) in [5.74, 6) is 0.0699. The van der Waals surface area contributed by atoms with E-state index >= 15 is 0 Å². The van der Waals surface area contributed by atoms with E-state index in [-0.39, 0.29) is 11.1 Å². The van der Waals surface area contributed by atoms with Gasteiger partial charge in [-0.1, -0.05) is 30.3 Å². The number of rotatable bonds is 6. The fourth-order valence-corrected chi connectivity index (χ4v) is 2.18. The molecule has 106 valence electrons. The largest absolute Gasteiger partial charge is 0.461 e. The van der Waals surface area contributed by atoms with Crippen molar-refractivity contribution < 1.29 is 14.3 Å². The van der Waals surface area contributed by atoms with Crippen LogP contribution in [-0.4, -0.2) is 21.9 Å². The molecule has 2 rings (SSSR count). The average Bonchev–Trinajstić information content (AvgIpc) is 2.96. The third-order valence-electron chi connectivity index (χ3n) is 2.60. The highest BCUT2D eigenvalue weighted by Gasteiger charge is 2.17. The molecule has 2 aromatic rings. The molecule has 1 atom stereocenters. The summed E-state index contributed by atoms with van der Waals surface area (Å²) in [7, 11) is 0. The highest BCUT2D eigenvalue weighted by molar-refractivity contribution is 7.07. The Morgan fingerprint density at radius 3 is 2.80 bits per heavy atom. The number of benzene rings is 1. The molecular weight excluding hydrogens is 276 g/mol. The molecule has 6 heteroatoms. The molecule has 0 aliphatic rings. The second-order valence-corrected chi connectivity index (χ2v) is 4.87. The molecular formula is C14H16N2O3S. The lowest BCUT2D eigenvalue weighted by Crippen LogP contribution is -2.06. The van der Waals surface area contributed by atoms with Gasteiger partial charge >= 0.3 is 5.97 Å². The van der Waals surface area contributed by atoms with E-state index in [1.54, 1.807) is 6.92 Å². The third kappa shape index (κ3) is 3.85. The molecule has 0 radical (unpaired) electrons. The van der Waals surface area contributed by atoms with Gasteiger partial charge in [-0.25, -0.2) is 9.78 Å². The zero-order valence-corrected chi connectivity index (χ0v) is 12.2. The quantitative estimate of drug-likeness (QED) is 0.766. The molecule has 0 bridgehead atoms. The Balaban J connectivity index is 1.92. The molecule has 0 aliphatic heterocycles. The van der Waals surface area contributed by atoms with E-state index in [1.807, 2.05) is 37.3 Å². The maximum absolute atomic E-state index is 11.5. The molecule has 0 aliphatic carbocycles.